The van der Waals surface area contributed by atoms with Crippen molar-refractivity contribution >= 4 is 11.8 Å². The Morgan fingerprint density at radius 1 is 1.26 bits per heavy atom. The molecule has 0 spiro atoms. The van der Waals surface area contributed by atoms with Crippen LogP contribution in [0, 0.1) is 25.2 Å². The van der Waals surface area contributed by atoms with Gasteiger partial charge in [0.2, 0.25) is 0 Å². The van der Waals surface area contributed by atoms with Crippen LogP contribution in [0.5, 0.6) is 0 Å². The zero-order chi connectivity index (χ0) is 14.3. The van der Waals surface area contributed by atoms with E-state index < -0.39 is 5.54 Å². The van der Waals surface area contributed by atoms with Crippen molar-refractivity contribution in [2.45, 2.75) is 51.3 Å². The van der Waals surface area contributed by atoms with E-state index in [-0.39, 0.29) is 0 Å². The molecule has 0 aliphatic carbocycles. The summed E-state index contributed by atoms with van der Waals surface area (Å²) in [6.45, 7) is 6.25. The molecule has 0 saturated carbocycles. The van der Waals surface area contributed by atoms with Crippen molar-refractivity contribution in [1.82, 2.24) is 0 Å². The molecule has 0 amide bonds. The predicted octanol–water partition coefficient (Wildman–Crippen LogP) is 3.95. The van der Waals surface area contributed by atoms with Crippen LogP contribution in [0.4, 0.5) is 0 Å². The first-order chi connectivity index (χ1) is 8.99. The number of nitriles is 1. The molecular weight excluding hydrogens is 252 g/mol. The fraction of sp³-hybridized carbons (Fsp3) is 0.562. The fourth-order valence-electron chi connectivity index (χ4n) is 2.14. The minimum absolute atomic E-state index is 0.625. The molecule has 0 fully saturated rings. The first-order valence-electron chi connectivity index (χ1n) is 6.84. The van der Waals surface area contributed by atoms with Crippen molar-refractivity contribution in [2.75, 3.05) is 5.75 Å². The van der Waals surface area contributed by atoms with Gasteiger partial charge in [-0.3, -0.25) is 0 Å². The van der Waals surface area contributed by atoms with Crippen LogP contribution in [-0.2, 0) is 5.75 Å². The summed E-state index contributed by atoms with van der Waals surface area (Å²) < 4.78 is 0. The number of nitrogens with zero attached hydrogens (tertiary/aromatic N) is 1. The van der Waals surface area contributed by atoms with Crippen LogP contribution in [0.1, 0.15) is 42.9 Å². The van der Waals surface area contributed by atoms with Gasteiger partial charge in [0.1, 0.15) is 5.54 Å². The minimum Gasteiger partial charge on any atom is -0.313 e. The Hall–Kier alpha value is -0.980. The average molecular weight is 276 g/mol. The van der Waals surface area contributed by atoms with Gasteiger partial charge in [0.25, 0.3) is 0 Å². The number of rotatable bonds is 7. The summed E-state index contributed by atoms with van der Waals surface area (Å²) in [6.07, 6.45) is 2.53. The summed E-state index contributed by atoms with van der Waals surface area (Å²) in [4.78, 5) is 0. The predicted molar refractivity (Wildman–Crippen MR) is 84.1 cm³/mol. The average Bonchev–Trinajstić information content (AvgIpc) is 2.37. The Morgan fingerprint density at radius 3 is 2.42 bits per heavy atom. The summed E-state index contributed by atoms with van der Waals surface area (Å²) in [5, 5.41) is 9.00. The van der Waals surface area contributed by atoms with E-state index >= 15 is 0 Å². The molecule has 0 radical (unpaired) electrons. The molecule has 1 rings (SSSR count). The lowest BCUT2D eigenvalue weighted by molar-refractivity contribution is 0.478. The van der Waals surface area contributed by atoms with Crippen molar-refractivity contribution in [3.8, 4) is 6.07 Å². The summed E-state index contributed by atoms with van der Waals surface area (Å²) in [7, 11) is 0. The van der Waals surface area contributed by atoms with Crippen LogP contribution in [0.2, 0.25) is 0 Å². The van der Waals surface area contributed by atoms with E-state index in [2.05, 4.69) is 38.1 Å². The number of nitrogens with two attached hydrogens (primary N) is 1. The largest absolute Gasteiger partial charge is 0.313 e. The Balaban J connectivity index is 2.30. The van der Waals surface area contributed by atoms with Crippen LogP contribution in [0.3, 0.4) is 0 Å². The molecule has 1 aromatic carbocycles. The Bertz CT molecular complexity index is 430. The molecule has 3 heteroatoms. The highest BCUT2D eigenvalue weighted by Gasteiger charge is 2.20. The Labute approximate surface area is 121 Å². The molecule has 1 aromatic rings. The zero-order valence-corrected chi connectivity index (χ0v) is 13.0. The maximum Gasteiger partial charge on any atom is 0.104 e. The zero-order valence-electron chi connectivity index (χ0n) is 12.2. The van der Waals surface area contributed by atoms with Gasteiger partial charge >= 0.3 is 0 Å². The van der Waals surface area contributed by atoms with E-state index in [1.165, 1.54) is 16.7 Å². The van der Waals surface area contributed by atoms with Crippen molar-refractivity contribution < 1.29 is 0 Å². The third-order valence-electron chi connectivity index (χ3n) is 3.32. The first-order valence-corrected chi connectivity index (χ1v) is 7.99. The standard InChI is InChI=1S/C16H24N2S/c1-4-16(18,12-17)6-5-7-19-11-15-9-13(2)8-14(3)10-15/h8-10H,4-7,11,18H2,1-3H3. The van der Waals surface area contributed by atoms with Crippen LogP contribution >= 0.6 is 11.8 Å². The molecule has 1 unspecified atom stereocenters. The maximum absolute atomic E-state index is 9.00. The van der Waals surface area contributed by atoms with Gasteiger partial charge in [0.05, 0.1) is 6.07 Å². The Kier molecular flexibility index (Phi) is 6.41. The molecule has 0 aromatic heterocycles. The maximum atomic E-state index is 9.00. The number of aryl methyl sites for hydroxylation is 2. The molecule has 0 heterocycles. The van der Waals surface area contributed by atoms with Gasteiger partial charge < -0.3 is 5.73 Å². The monoisotopic (exact) mass is 276 g/mol. The van der Waals surface area contributed by atoms with Gasteiger partial charge in [-0.1, -0.05) is 36.2 Å². The molecule has 0 aliphatic rings. The summed E-state index contributed by atoms with van der Waals surface area (Å²) >= 11 is 1.92. The van der Waals surface area contributed by atoms with E-state index in [9.17, 15) is 0 Å². The number of thioether (sulfide) groups is 1. The number of hydrogen-bond acceptors (Lipinski definition) is 3. The second-order valence-electron chi connectivity index (χ2n) is 5.27. The molecule has 104 valence electrons. The first kappa shape index (κ1) is 16.1. The molecule has 19 heavy (non-hydrogen) atoms. The second-order valence-corrected chi connectivity index (χ2v) is 6.38. The number of benzene rings is 1. The van der Waals surface area contributed by atoms with E-state index in [1.54, 1.807) is 0 Å². The highest BCUT2D eigenvalue weighted by molar-refractivity contribution is 7.98. The van der Waals surface area contributed by atoms with Crippen molar-refractivity contribution in [3.05, 3.63) is 34.9 Å². The molecular formula is C16H24N2S. The lowest BCUT2D eigenvalue weighted by Crippen LogP contribution is -2.37. The fourth-order valence-corrected chi connectivity index (χ4v) is 3.04. The van der Waals surface area contributed by atoms with Crippen molar-refractivity contribution in [3.63, 3.8) is 0 Å². The van der Waals surface area contributed by atoms with E-state index in [4.69, 9.17) is 11.0 Å². The van der Waals surface area contributed by atoms with Crippen LogP contribution in [-0.4, -0.2) is 11.3 Å². The van der Waals surface area contributed by atoms with Gasteiger partial charge in [-0.2, -0.15) is 17.0 Å². The summed E-state index contributed by atoms with van der Waals surface area (Å²) in [5.41, 5.74) is 9.37. The molecule has 0 saturated heterocycles. The third kappa shape index (κ3) is 5.67. The van der Waals surface area contributed by atoms with Gasteiger partial charge in [-0.25, -0.2) is 0 Å². The van der Waals surface area contributed by atoms with E-state index in [0.717, 1.165) is 30.8 Å². The Morgan fingerprint density at radius 2 is 1.89 bits per heavy atom. The van der Waals surface area contributed by atoms with Gasteiger partial charge in [0, 0.05) is 5.75 Å². The molecule has 2 N–H and O–H groups in total. The topological polar surface area (TPSA) is 49.8 Å². The van der Waals surface area contributed by atoms with Crippen molar-refractivity contribution in [1.29, 1.82) is 5.26 Å². The second kappa shape index (κ2) is 7.57. The SMILES string of the molecule is CCC(N)(C#N)CCCSCc1cc(C)cc(C)c1. The lowest BCUT2D eigenvalue weighted by Gasteiger charge is -2.18. The van der Waals surface area contributed by atoms with Gasteiger partial charge in [-0.05, 0) is 44.4 Å². The molecule has 1 atom stereocenters. The quantitative estimate of drug-likeness (QED) is 0.767. The lowest BCUT2D eigenvalue weighted by atomic mass is 9.94. The van der Waals surface area contributed by atoms with Gasteiger partial charge in [-0.15, -0.1) is 0 Å². The van der Waals surface area contributed by atoms with Crippen molar-refractivity contribution in [2.24, 2.45) is 5.73 Å². The van der Waals surface area contributed by atoms with Crippen LogP contribution in [0.15, 0.2) is 18.2 Å². The third-order valence-corrected chi connectivity index (χ3v) is 4.43. The molecule has 2 nitrogen and oxygen atoms in total. The van der Waals surface area contributed by atoms with Crippen LogP contribution in [0.25, 0.3) is 0 Å². The van der Waals surface area contributed by atoms with Gasteiger partial charge in [0.15, 0.2) is 0 Å². The summed E-state index contributed by atoms with van der Waals surface area (Å²) in [5.74, 6) is 2.10. The summed E-state index contributed by atoms with van der Waals surface area (Å²) in [6, 6.07) is 8.91. The number of hydrogen-bond donors (Lipinski definition) is 1. The smallest absolute Gasteiger partial charge is 0.104 e. The highest BCUT2D eigenvalue weighted by atomic mass is 32.2. The molecule has 0 bridgehead atoms. The molecule has 0 aliphatic heterocycles. The minimum atomic E-state index is -0.625. The van der Waals surface area contributed by atoms with E-state index in [0.29, 0.717) is 0 Å². The van der Waals surface area contributed by atoms with E-state index in [1.807, 2.05) is 18.7 Å². The normalized spacial score (nSPS) is 13.8. The highest BCUT2D eigenvalue weighted by Crippen LogP contribution is 2.19. The van der Waals surface area contributed by atoms with Crippen LogP contribution < -0.4 is 5.73 Å².